The van der Waals surface area contributed by atoms with Crippen molar-refractivity contribution in [1.29, 1.82) is 0 Å². The van der Waals surface area contributed by atoms with Crippen LogP contribution in [0.1, 0.15) is 30.7 Å². The van der Waals surface area contributed by atoms with Crippen molar-refractivity contribution in [3.63, 3.8) is 0 Å². The van der Waals surface area contributed by atoms with Crippen LogP contribution >= 0.6 is 0 Å². The Balaban J connectivity index is 1.95. The summed E-state index contributed by atoms with van der Waals surface area (Å²) in [6.07, 6.45) is 2.86. The van der Waals surface area contributed by atoms with E-state index in [1.165, 1.54) is 0 Å². The molecule has 0 aliphatic heterocycles. The number of nitrogens with zero attached hydrogens (tertiary/aromatic N) is 2. The molecule has 2 N–H and O–H groups in total. The molecule has 2 rings (SSSR count). The fourth-order valence-corrected chi connectivity index (χ4v) is 1.68. The Labute approximate surface area is 113 Å². The van der Waals surface area contributed by atoms with E-state index >= 15 is 0 Å². The van der Waals surface area contributed by atoms with Gasteiger partial charge in [-0.05, 0) is 26.3 Å². The van der Waals surface area contributed by atoms with Crippen LogP contribution in [0.2, 0.25) is 0 Å². The number of aromatic nitrogens is 2. The van der Waals surface area contributed by atoms with Gasteiger partial charge in [-0.15, -0.1) is 0 Å². The van der Waals surface area contributed by atoms with E-state index in [1.807, 2.05) is 26.0 Å². The lowest BCUT2D eigenvalue weighted by molar-refractivity contribution is 0.478. The Kier molecular flexibility index (Phi) is 4.39. The van der Waals surface area contributed by atoms with Crippen molar-refractivity contribution in [2.45, 2.75) is 33.7 Å². The smallest absolute Gasteiger partial charge is 0.213 e. The highest BCUT2D eigenvalue weighted by atomic mass is 16.4. The van der Waals surface area contributed by atoms with Gasteiger partial charge in [0, 0.05) is 24.5 Å². The Morgan fingerprint density at radius 1 is 1.26 bits per heavy atom. The maximum absolute atomic E-state index is 5.53. The first-order valence-electron chi connectivity index (χ1n) is 6.55. The van der Waals surface area contributed by atoms with Gasteiger partial charge in [0.1, 0.15) is 11.6 Å². The lowest BCUT2D eigenvalue weighted by Crippen LogP contribution is -2.04. The van der Waals surface area contributed by atoms with Crippen molar-refractivity contribution in [3.05, 3.63) is 35.7 Å². The first kappa shape index (κ1) is 13.4. The van der Waals surface area contributed by atoms with Crippen LogP contribution in [0.3, 0.4) is 0 Å². The summed E-state index contributed by atoms with van der Waals surface area (Å²) >= 11 is 0. The molecular weight excluding hydrogens is 240 g/mol. The van der Waals surface area contributed by atoms with Crippen LogP contribution in [0.25, 0.3) is 0 Å². The van der Waals surface area contributed by atoms with E-state index in [4.69, 9.17) is 4.42 Å². The molecule has 19 heavy (non-hydrogen) atoms. The zero-order valence-electron chi connectivity index (χ0n) is 11.7. The lowest BCUT2D eigenvalue weighted by atomic mass is 10.3. The topological polar surface area (TPSA) is 63.0 Å². The molecule has 0 saturated heterocycles. The largest absolute Gasteiger partial charge is 0.444 e. The first-order valence-corrected chi connectivity index (χ1v) is 6.55. The molecule has 0 atom stereocenters. The second-order valence-corrected chi connectivity index (χ2v) is 4.46. The molecule has 2 aromatic rings. The maximum atomic E-state index is 5.53. The Morgan fingerprint density at radius 2 is 2.11 bits per heavy atom. The first-order chi connectivity index (χ1) is 9.19. The normalized spacial score (nSPS) is 10.5. The number of hydrogen-bond donors (Lipinski definition) is 2. The van der Waals surface area contributed by atoms with Gasteiger partial charge in [0.05, 0.1) is 12.2 Å². The van der Waals surface area contributed by atoms with Crippen LogP contribution < -0.4 is 10.6 Å². The van der Waals surface area contributed by atoms with E-state index in [1.54, 1.807) is 6.20 Å². The van der Waals surface area contributed by atoms with E-state index in [9.17, 15) is 0 Å². The Hall–Kier alpha value is -2.04. The summed E-state index contributed by atoms with van der Waals surface area (Å²) in [6, 6.07) is 3.91. The van der Waals surface area contributed by atoms with E-state index in [0.717, 1.165) is 35.9 Å². The van der Waals surface area contributed by atoms with Gasteiger partial charge >= 0.3 is 0 Å². The maximum Gasteiger partial charge on any atom is 0.213 e. The summed E-state index contributed by atoms with van der Waals surface area (Å²) in [7, 11) is 0. The van der Waals surface area contributed by atoms with Gasteiger partial charge in [0.2, 0.25) is 5.89 Å². The number of anilines is 2. The van der Waals surface area contributed by atoms with Gasteiger partial charge in [-0.3, -0.25) is 0 Å². The third-order valence-electron chi connectivity index (χ3n) is 2.83. The summed E-state index contributed by atoms with van der Waals surface area (Å²) in [5, 5.41) is 6.54. The lowest BCUT2D eigenvalue weighted by Gasteiger charge is -2.07. The van der Waals surface area contributed by atoms with E-state index in [0.29, 0.717) is 12.4 Å². The summed E-state index contributed by atoms with van der Waals surface area (Å²) in [5.74, 6) is 2.46. The molecule has 5 heteroatoms. The highest BCUT2D eigenvalue weighted by Crippen LogP contribution is 2.14. The standard InChI is InChI=1S/C14H20N4O/c1-4-6-15-13-8-12(5-7-16-13)17-9-14-18-10(2)11(3)19-14/h5,7-8H,4,6,9H2,1-3H3,(H2,15,16,17). The molecule has 0 bridgehead atoms. The van der Waals surface area contributed by atoms with Gasteiger partial charge in [0.15, 0.2) is 0 Å². The van der Waals surface area contributed by atoms with Crippen LogP contribution in [0.4, 0.5) is 11.5 Å². The fraction of sp³-hybridized carbons (Fsp3) is 0.429. The number of pyridine rings is 1. The van der Waals surface area contributed by atoms with Crippen LogP contribution in [0.15, 0.2) is 22.7 Å². The van der Waals surface area contributed by atoms with Crippen molar-refractivity contribution in [3.8, 4) is 0 Å². The van der Waals surface area contributed by atoms with Gasteiger partial charge in [-0.25, -0.2) is 9.97 Å². The monoisotopic (exact) mass is 260 g/mol. The number of rotatable bonds is 6. The third kappa shape index (κ3) is 3.71. The minimum Gasteiger partial charge on any atom is -0.444 e. The third-order valence-corrected chi connectivity index (χ3v) is 2.83. The van der Waals surface area contributed by atoms with Crippen LogP contribution in [-0.4, -0.2) is 16.5 Å². The van der Waals surface area contributed by atoms with Crippen molar-refractivity contribution in [2.75, 3.05) is 17.2 Å². The number of oxazole rings is 1. The highest BCUT2D eigenvalue weighted by Gasteiger charge is 2.05. The minimum atomic E-state index is 0.575. The zero-order valence-corrected chi connectivity index (χ0v) is 11.7. The van der Waals surface area contributed by atoms with Gasteiger partial charge in [-0.2, -0.15) is 0 Å². The summed E-state index contributed by atoms with van der Waals surface area (Å²) in [4.78, 5) is 8.60. The molecule has 0 fully saturated rings. The molecule has 5 nitrogen and oxygen atoms in total. The average molecular weight is 260 g/mol. The van der Waals surface area contributed by atoms with Gasteiger partial charge in [0.25, 0.3) is 0 Å². The van der Waals surface area contributed by atoms with Crippen LogP contribution in [-0.2, 0) is 6.54 Å². The van der Waals surface area contributed by atoms with Crippen molar-refractivity contribution >= 4 is 11.5 Å². The SMILES string of the molecule is CCCNc1cc(NCc2nc(C)c(C)o2)ccn1. The zero-order chi connectivity index (χ0) is 13.7. The fourth-order valence-electron chi connectivity index (χ4n) is 1.68. The second-order valence-electron chi connectivity index (χ2n) is 4.46. The molecule has 0 unspecified atom stereocenters. The summed E-state index contributed by atoms with van der Waals surface area (Å²) < 4.78 is 5.53. The Bertz CT molecular complexity index is 516. The minimum absolute atomic E-state index is 0.575. The van der Waals surface area contributed by atoms with E-state index in [-0.39, 0.29) is 0 Å². The van der Waals surface area contributed by atoms with Crippen molar-refractivity contribution in [2.24, 2.45) is 0 Å². The summed E-state index contributed by atoms with van der Waals surface area (Å²) in [5.41, 5.74) is 1.94. The molecule has 0 radical (unpaired) electrons. The van der Waals surface area contributed by atoms with Crippen molar-refractivity contribution < 1.29 is 4.42 Å². The van der Waals surface area contributed by atoms with E-state index < -0.39 is 0 Å². The second kappa shape index (κ2) is 6.22. The molecule has 2 heterocycles. The molecule has 0 aliphatic carbocycles. The molecule has 0 aromatic carbocycles. The highest BCUT2D eigenvalue weighted by molar-refractivity contribution is 5.51. The molecule has 2 aromatic heterocycles. The van der Waals surface area contributed by atoms with Crippen molar-refractivity contribution in [1.82, 2.24) is 9.97 Å². The van der Waals surface area contributed by atoms with Crippen LogP contribution in [0.5, 0.6) is 0 Å². The van der Waals surface area contributed by atoms with Gasteiger partial charge in [-0.1, -0.05) is 6.92 Å². The number of aryl methyl sites for hydroxylation is 2. The Morgan fingerprint density at radius 3 is 2.79 bits per heavy atom. The van der Waals surface area contributed by atoms with Crippen LogP contribution in [0, 0.1) is 13.8 Å². The summed E-state index contributed by atoms with van der Waals surface area (Å²) in [6.45, 7) is 7.50. The molecule has 0 amide bonds. The molecule has 0 spiro atoms. The predicted octanol–water partition coefficient (Wildman–Crippen LogP) is 3.12. The predicted molar refractivity (Wildman–Crippen MR) is 76.3 cm³/mol. The van der Waals surface area contributed by atoms with Gasteiger partial charge < -0.3 is 15.1 Å². The average Bonchev–Trinajstić information content (AvgIpc) is 2.74. The molecule has 102 valence electrons. The number of nitrogens with one attached hydrogen (secondary N) is 2. The van der Waals surface area contributed by atoms with E-state index in [2.05, 4.69) is 27.5 Å². The quantitative estimate of drug-likeness (QED) is 0.835. The number of hydrogen-bond acceptors (Lipinski definition) is 5. The molecular formula is C14H20N4O. The molecule has 0 aliphatic rings. The molecule has 0 saturated carbocycles.